The first-order chi connectivity index (χ1) is 9.20. The third-order valence-corrected chi connectivity index (χ3v) is 3.55. The van der Waals surface area contributed by atoms with Crippen molar-refractivity contribution in [2.45, 2.75) is 38.6 Å². The van der Waals surface area contributed by atoms with E-state index in [1.807, 2.05) is 13.0 Å². The van der Waals surface area contributed by atoms with Crippen LogP contribution in [-0.2, 0) is 12.8 Å². The van der Waals surface area contributed by atoms with Gasteiger partial charge in [0.05, 0.1) is 12.1 Å². The maximum Gasteiger partial charge on any atom is 0.316 e. The van der Waals surface area contributed by atoms with E-state index in [1.54, 1.807) is 0 Å². The van der Waals surface area contributed by atoms with Crippen molar-refractivity contribution < 1.29 is 4.79 Å². The Balaban J connectivity index is 2.01. The molecule has 0 spiro atoms. The summed E-state index contributed by atoms with van der Waals surface area (Å²) in [5.74, 6) is 0. The lowest BCUT2D eigenvalue weighted by molar-refractivity contribution is 0.239. The number of nitrogens with zero attached hydrogens (tertiary/aromatic N) is 1. The summed E-state index contributed by atoms with van der Waals surface area (Å²) >= 11 is 0. The molecule has 0 saturated carbocycles. The minimum absolute atomic E-state index is 0.0305. The Morgan fingerprint density at radius 2 is 2.11 bits per heavy atom. The average molecular weight is 257 g/mol. The molecule has 0 heterocycles. The fraction of sp³-hybridized carbons (Fsp3) is 0.467. The van der Waals surface area contributed by atoms with Crippen molar-refractivity contribution in [2.24, 2.45) is 0 Å². The monoisotopic (exact) mass is 257 g/mol. The number of hydrogen-bond donors (Lipinski definition) is 2. The highest BCUT2D eigenvalue weighted by atomic mass is 16.2. The molecule has 0 aromatic heterocycles. The van der Waals surface area contributed by atoms with Crippen LogP contribution in [0.2, 0.25) is 0 Å². The zero-order valence-corrected chi connectivity index (χ0v) is 11.2. The zero-order chi connectivity index (χ0) is 13.7. The number of amides is 2. The Morgan fingerprint density at radius 1 is 1.37 bits per heavy atom. The van der Waals surface area contributed by atoms with Gasteiger partial charge in [0.15, 0.2) is 0 Å². The number of carbonyl (C=O) groups excluding carboxylic acids is 1. The number of hydrogen-bond acceptors (Lipinski definition) is 2. The van der Waals surface area contributed by atoms with Crippen LogP contribution in [0.25, 0.3) is 0 Å². The van der Waals surface area contributed by atoms with Gasteiger partial charge in [0, 0.05) is 0 Å². The maximum atomic E-state index is 11.5. The van der Waals surface area contributed by atoms with E-state index >= 15 is 0 Å². The van der Waals surface area contributed by atoms with Crippen LogP contribution in [0.1, 0.15) is 42.5 Å². The summed E-state index contributed by atoms with van der Waals surface area (Å²) in [6.45, 7) is 1.99. The summed E-state index contributed by atoms with van der Waals surface area (Å²) in [5, 5.41) is 13.7. The second-order valence-electron chi connectivity index (χ2n) is 4.94. The molecule has 1 aromatic carbocycles. The molecule has 0 aliphatic heterocycles. The number of urea groups is 1. The van der Waals surface area contributed by atoms with Crippen LogP contribution in [-0.4, -0.2) is 12.6 Å². The van der Waals surface area contributed by atoms with Crippen LogP contribution in [0.3, 0.4) is 0 Å². The molecule has 1 aliphatic rings. The van der Waals surface area contributed by atoms with Crippen molar-refractivity contribution >= 4 is 6.03 Å². The lowest BCUT2D eigenvalue weighted by Gasteiger charge is -2.20. The Kier molecular flexibility index (Phi) is 4.40. The molecule has 0 fully saturated rings. The Morgan fingerprint density at radius 3 is 2.84 bits per heavy atom. The van der Waals surface area contributed by atoms with Crippen LogP contribution in [0.5, 0.6) is 0 Å². The Hall–Kier alpha value is -2.02. The molecule has 2 N–H and O–H groups in total. The summed E-state index contributed by atoms with van der Waals surface area (Å²) in [6.07, 6.45) is 4.83. The predicted octanol–water partition coefficient (Wildman–Crippen LogP) is 2.45. The van der Waals surface area contributed by atoms with Gasteiger partial charge in [-0.2, -0.15) is 5.26 Å². The fourth-order valence-electron chi connectivity index (χ4n) is 2.47. The summed E-state index contributed by atoms with van der Waals surface area (Å²) in [5.41, 5.74) is 3.97. The fourth-order valence-corrected chi connectivity index (χ4v) is 2.47. The molecule has 1 atom stereocenters. The molecule has 100 valence electrons. The van der Waals surface area contributed by atoms with E-state index in [2.05, 4.69) is 28.8 Å². The number of rotatable bonds is 3. The highest BCUT2D eigenvalue weighted by molar-refractivity contribution is 5.74. The Bertz CT molecular complexity index is 505. The Labute approximate surface area is 113 Å². The largest absolute Gasteiger partial charge is 0.332 e. The van der Waals surface area contributed by atoms with E-state index in [0.717, 1.165) is 12.0 Å². The molecular formula is C15H19N3O. The number of benzene rings is 1. The summed E-state index contributed by atoms with van der Waals surface area (Å²) in [6, 6.07) is 7.99. The number of aryl methyl sites for hydroxylation is 2. The van der Waals surface area contributed by atoms with E-state index in [-0.39, 0.29) is 18.6 Å². The first kappa shape index (κ1) is 13.4. The first-order valence-electron chi connectivity index (χ1n) is 6.73. The van der Waals surface area contributed by atoms with Crippen molar-refractivity contribution in [3.05, 3.63) is 34.9 Å². The molecule has 19 heavy (non-hydrogen) atoms. The number of fused-ring (bicyclic) bond motifs is 1. The molecule has 1 aliphatic carbocycles. The lowest BCUT2D eigenvalue weighted by atomic mass is 9.89. The van der Waals surface area contributed by atoms with Gasteiger partial charge < -0.3 is 10.6 Å². The van der Waals surface area contributed by atoms with Crippen molar-refractivity contribution in [3.8, 4) is 6.07 Å². The minimum atomic E-state index is -0.299. The summed E-state index contributed by atoms with van der Waals surface area (Å²) in [4.78, 5) is 11.5. The number of carbonyl (C=O) groups is 1. The lowest BCUT2D eigenvalue weighted by Crippen LogP contribution is -2.37. The van der Waals surface area contributed by atoms with Gasteiger partial charge in [-0.1, -0.05) is 18.2 Å². The summed E-state index contributed by atoms with van der Waals surface area (Å²) < 4.78 is 0. The van der Waals surface area contributed by atoms with Crippen LogP contribution in [0, 0.1) is 11.3 Å². The van der Waals surface area contributed by atoms with Crippen LogP contribution in [0.15, 0.2) is 18.2 Å². The third kappa shape index (κ3) is 3.47. The summed E-state index contributed by atoms with van der Waals surface area (Å²) in [7, 11) is 0. The van der Waals surface area contributed by atoms with Gasteiger partial charge in [0.25, 0.3) is 0 Å². The van der Waals surface area contributed by atoms with E-state index in [1.165, 1.54) is 30.4 Å². The van der Waals surface area contributed by atoms with Crippen LogP contribution in [0.4, 0.5) is 4.79 Å². The first-order valence-corrected chi connectivity index (χ1v) is 6.73. The minimum Gasteiger partial charge on any atom is -0.332 e. The molecule has 4 nitrogen and oxygen atoms in total. The van der Waals surface area contributed by atoms with Crippen LogP contribution < -0.4 is 10.6 Å². The number of nitrogens with one attached hydrogen (secondary N) is 2. The molecule has 1 unspecified atom stereocenters. The van der Waals surface area contributed by atoms with Gasteiger partial charge in [-0.15, -0.1) is 0 Å². The van der Waals surface area contributed by atoms with E-state index in [0.29, 0.717) is 0 Å². The van der Waals surface area contributed by atoms with E-state index < -0.39 is 0 Å². The SMILES string of the molecule is CC(NC(=O)NCC#N)c1ccc2c(c1)CCCC2. The van der Waals surface area contributed by atoms with Gasteiger partial charge in [0.1, 0.15) is 6.54 Å². The molecule has 1 aromatic rings. The zero-order valence-electron chi connectivity index (χ0n) is 11.2. The van der Waals surface area contributed by atoms with E-state index in [4.69, 9.17) is 5.26 Å². The van der Waals surface area contributed by atoms with Crippen LogP contribution >= 0.6 is 0 Å². The van der Waals surface area contributed by atoms with E-state index in [9.17, 15) is 4.79 Å². The molecule has 2 rings (SSSR count). The molecule has 2 amide bonds. The van der Waals surface area contributed by atoms with Gasteiger partial charge in [-0.25, -0.2) is 4.79 Å². The number of nitriles is 1. The quantitative estimate of drug-likeness (QED) is 0.817. The molecule has 0 saturated heterocycles. The smallest absolute Gasteiger partial charge is 0.316 e. The molecule has 0 bridgehead atoms. The molecule has 0 radical (unpaired) electrons. The normalized spacial score (nSPS) is 14.9. The van der Waals surface area contributed by atoms with Gasteiger partial charge in [0.2, 0.25) is 0 Å². The molecule has 4 heteroatoms. The molecular weight excluding hydrogens is 238 g/mol. The topological polar surface area (TPSA) is 64.9 Å². The van der Waals surface area contributed by atoms with Gasteiger partial charge in [-0.3, -0.25) is 0 Å². The highest BCUT2D eigenvalue weighted by Crippen LogP contribution is 2.24. The maximum absolute atomic E-state index is 11.5. The van der Waals surface area contributed by atoms with Crippen molar-refractivity contribution in [3.63, 3.8) is 0 Å². The van der Waals surface area contributed by atoms with Gasteiger partial charge >= 0.3 is 6.03 Å². The average Bonchev–Trinajstić information content (AvgIpc) is 2.44. The van der Waals surface area contributed by atoms with Crippen molar-refractivity contribution in [2.75, 3.05) is 6.54 Å². The highest BCUT2D eigenvalue weighted by Gasteiger charge is 2.13. The predicted molar refractivity (Wildman–Crippen MR) is 73.6 cm³/mol. The van der Waals surface area contributed by atoms with Gasteiger partial charge in [-0.05, 0) is 49.3 Å². The van der Waals surface area contributed by atoms with Crippen molar-refractivity contribution in [1.82, 2.24) is 10.6 Å². The third-order valence-electron chi connectivity index (χ3n) is 3.55. The second kappa shape index (κ2) is 6.24. The van der Waals surface area contributed by atoms with Crippen molar-refractivity contribution in [1.29, 1.82) is 5.26 Å². The standard InChI is InChI=1S/C15H19N3O/c1-11(18-15(19)17-9-8-16)13-7-6-12-4-2-3-5-14(12)10-13/h6-7,10-11H,2-5,9H2,1H3,(H2,17,18,19). The second-order valence-corrected chi connectivity index (χ2v) is 4.94.